The van der Waals surface area contributed by atoms with Gasteiger partial charge < -0.3 is 10.2 Å². The molecular formula is C15H24N4O2S2. The van der Waals surface area contributed by atoms with Crippen molar-refractivity contribution in [3.05, 3.63) is 0 Å². The van der Waals surface area contributed by atoms with E-state index in [-0.39, 0.29) is 23.1 Å². The summed E-state index contributed by atoms with van der Waals surface area (Å²) in [7, 11) is 0. The van der Waals surface area contributed by atoms with E-state index in [0.717, 1.165) is 10.1 Å². The molecule has 0 aromatic carbocycles. The summed E-state index contributed by atoms with van der Waals surface area (Å²) in [5.74, 6) is 1.01. The zero-order chi connectivity index (χ0) is 17.0. The van der Waals surface area contributed by atoms with E-state index in [1.807, 2.05) is 25.7 Å². The zero-order valence-corrected chi connectivity index (χ0v) is 15.7. The monoisotopic (exact) mass is 356 g/mol. The van der Waals surface area contributed by atoms with Crippen LogP contribution in [0.4, 0.5) is 5.13 Å². The Kier molecular flexibility index (Phi) is 6.02. The lowest BCUT2D eigenvalue weighted by Gasteiger charge is -2.35. The maximum absolute atomic E-state index is 12.3. The van der Waals surface area contributed by atoms with Gasteiger partial charge in [-0.05, 0) is 18.6 Å². The third-order valence-corrected chi connectivity index (χ3v) is 5.55. The van der Waals surface area contributed by atoms with Crippen molar-refractivity contribution in [2.75, 3.05) is 24.2 Å². The first-order valence-electron chi connectivity index (χ1n) is 7.87. The average molecular weight is 357 g/mol. The van der Waals surface area contributed by atoms with E-state index in [2.05, 4.69) is 22.4 Å². The van der Waals surface area contributed by atoms with E-state index in [4.69, 9.17) is 0 Å². The topological polar surface area (TPSA) is 75.2 Å². The molecule has 23 heavy (non-hydrogen) atoms. The molecule has 0 spiro atoms. The second kappa shape index (κ2) is 7.61. The average Bonchev–Trinajstić information content (AvgIpc) is 2.93. The summed E-state index contributed by atoms with van der Waals surface area (Å²) in [5, 5.41) is 11.4. The van der Waals surface area contributed by atoms with Gasteiger partial charge >= 0.3 is 0 Å². The lowest BCUT2D eigenvalue weighted by Crippen LogP contribution is -2.45. The number of hydrogen-bond acceptors (Lipinski definition) is 6. The molecule has 1 aliphatic rings. The molecule has 0 saturated carbocycles. The number of nitrogens with zero attached hydrogens (tertiary/aromatic N) is 3. The number of likely N-dealkylation sites (tertiary alicyclic amines) is 1. The molecule has 8 heteroatoms. The van der Waals surface area contributed by atoms with Crippen LogP contribution in [0.3, 0.4) is 0 Å². The maximum atomic E-state index is 12.3. The largest absolute Gasteiger partial charge is 0.342 e. The number of nitrogens with one attached hydrogen (secondary N) is 1. The van der Waals surface area contributed by atoms with Gasteiger partial charge in [-0.25, -0.2) is 0 Å². The van der Waals surface area contributed by atoms with Crippen LogP contribution in [-0.4, -0.2) is 45.8 Å². The van der Waals surface area contributed by atoms with Crippen LogP contribution in [0.2, 0.25) is 0 Å². The zero-order valence-electron chi connectivity index (χ0n) is 14.1. The third-order valence-electron chi connectivity index (χ3n) is 3.70. The minimum absolute atomic E-state index is 0.0166. The van der Waals surface area contributed by atoms with Crippen LogP contribution in [-0.2, 0) is 9.59 Å². The van der Waals surface area contributed by atoms with Gasteiger partial charge in [0.05, 0.1) is 0 Å². The first-order chi connectivity index (χ1) is 10.8. The minimum Gasteiger partial charge on any atom is -0.342 e. The molecule has 1 aromatic heterocycles. The first-order valence-corrected chi connectivity index (χ1v) is 9.68. The molecule has 2 heterocycles. The van der Waals surface area contributed by atoms with E-state index in [1.165, 1.54) is 11.3 Å². The number of rotatable bonds is 4. The summed E-state index contributed by atoms with van der Waals surface area (Å²) >= 11 is 3.02. The quantitative estimate of drug-likeness (QED) is 0.663. The number of thioether (sulfide) groups is 1. The lowest BCUT2D eigenvalue weighted by molar-refractivity contribution is -0.142. The summed E-state index contributed by atoms with van der Waals surface area (Å²) in [6.45, 7) is 9.11. The molecule has 0 unspecified atom stereocenters. The van der Waals surface area contributed by atoms with Crippen LogP contribution in [0.15, 0.2) is 4.34 Å². The molecule has 2 rings (SSSR count). The Labute approximate surface area is 145 Å². The van der Waals surface area contributed by atoms with Crippen molar-refractivity contribution in [3.63, 3.8) is 0 Å². The molecule has 6 nitrogen and oxygen atoms in total. The van der Waals surface area contributed by atoms with Crippen molar-refractivity contribution in [1.29, 1.82) is 0 Å². The summed E-state index contributed by atoms with van der Waals surface area (Å²) < 4.78 is 0.869. The molecule has 0 radical (unpaired) electrons. The number of carbonyl (C=O) groups excluding carboxylic acids is 2. The van der Waals surface area contributed by atoms with E-state index in [0.29, 0.717) is 31.1 Å². The van der Waals surface area contributed by atoms with Crippen LogP contribution in [0.5, 0.6) is 0 Å². The second-order valence-electron chi connectivity index (χ2n) is 6.61. The molecule has 1 fully saturated rings. The summed E-state index contributed by atoms with van der Waals surface area (Å²) in [6.07, 6.45) is 1.39. The number of carbonyl (C=O) groups is 2. The fourth-order valence-electron chi connectivity index (χ4n) is 2.47. The number of amides is 2. The number of aromatic nitrogens is 2. The number of piperidine rings is 1. The van der Waals surface area contributed by atoms with Gasteiger partial charge in [-0.2, -0.15) is 0 Å². The Morgan fingerprint density at radius 2 is 1.96 bits per heavy atom. The van der Waals surface area contributed by atoms with Gasteiger partial charge in [0.2, 0.25) is 16.9 Å². The first kappa shape index (κ1) is 18.2. The van der Waals surface area contributed by atoms with Crippen molar-refractivity contribution in [3.8, 4) is 0 Å². The molecule has 0 bridgehead atoms. The molecule has 2 amide bonds. The van der Waals surface area contributed by atoms with E-state index >= 15 is 0 Å². The molecular weight excluding hydrogens is 332 g/mol. The predicted octanol–water partition coefficient (Wildman–Crippen LogP) is 2.87. The van der Waals surface area contributed by atoms with Crippen LogP contribution in [0.1, 0.15) is 40.5 Å². The highest BCUT2D eigenvalue weighted by atomic mass is 32.2. The molecule has 0 aliphatic carbocycles. The Morgan fingerprint density at radius 1 is 1.30 bits per heavy atom. The third kappa shape index (κ3) is 4.91. The molecule has 0 atom stereocenters. The fourth-order valence-corrected chi connectivity index (χ4v) is 4.12. The van der Waals surface area contributed by atoms with Crippen molar-refractivity contribution < 1.29 is 9.59 Å². The maximum Gasteiger partial charge on any atom is 0.229 e. The highest BCUT2D eigenvalue weighted by molar-refractivity contribution is 8.01. The number of anilines is 1. The minimum atomic E-state index is -0.366. The van der Waals surface area contributed by atoms with Crippen LogP contribution in [0, 0.1) is 11.3 Å². The van der Waals surface area contributed by atoms with Gasteiger partial charge in [0.1, 0.15) is 0 Å². The summed E-state index contributed by atoms with van der Waals surface area (Å²) in [6, 6.07) is 0. The Bertz CT molecular complexity index is 560. The molecule has 1 aromatic rings. The van der Waals surface area contributed by atoms with Gasteiger partial charge in [-0.3, -0.25) is 9.59 Å². The second-order valence-corrected chi connectivity index (χ2v) is 9.10. The van der Waals surface area contributed by atoms with E-state index in [1.54, 1.807) is 11.8 Å². The van der Waals surface area contributed by atoms with Gasteiger partial charge in [-0.15, -0.1) is 10.2 Å². The van der Waals surface area contributed by atoms with Crippen molar-refractivity contribution >= 4 is 40.0 Å². The van der Waals surface area contributed by atoms with Crippen molar-refractivity contribution in [1.82, 2.24) is 15.1 Å². The number of hydrogen-bond donors (Lipinski definition) is 1. The van der Waals surface area contributed by atoms with Crippen molar-refractivity contribution in [2.45, 2.75) is 44.9 Å². The Balaban J connectivity index is 1.84. The normalized spacial score (nSPS) is 16.4. The molecule has 1 N–H and O–H groups in total. The van der Waals surface area contributed by atoms with Gasteiger partial charge in [0.15, 0.2) is 4.34 Å². The lowest BCUT2D eigenvalue weighted by atomic mass is 9.91. The summed E-state index contributed by atoms with van der Waals surface area (Å²) in [5.41, 5.74) is -0.366. The molecule has 1 saturated heterocycles. The molecule has 128 valence electrons. The van der Waals surface area contributed by atoms with Crippen LogP contribution in [0.25, 0.3) is 0 Å². The smallest absolute Gasteiger partial charge is 0.229 e. The van der Waals surface area contributed by atoms with Crippen LogP contribution < -0.4 is 5.32 Å². The predicted molar refractivity (Wildman–Crippen MR) is 93.7 cm³/mol. The van der Waals surface area contributed by atoms with E-state index in [9.17, 15) is 9.59 Å². The van der Waals surface area contributed by atoms with Gasteiger partial charge in [0, 0.05) is 24.4 Å². The summed E-state index contributed by atoms with van der Waals surface area (Å²) in [4.78, 5) is 26.4. The fraction of sp³-hybridized carbons (Fsp3) is 0.733. The Hall–Kier alpha value is -1.15. The Morgan fingerprint density at radius 3 is 2.52 bits per heavy atom. The standard InChI is InChI=1S/C15H24N4O2S2/c1-5-22-14-18-17-13(23-14)16-11(20)10-6-8-19(9-7-10)12(21)15(2,3)4/h10H,5-9H2,1-4H3,(H,16,17,20). The molecule has 1 aliphatic heterocycles. The van der Waals surface area contributed by atoms with E-state index < -0.39 is 0 Å². The van der Waals surface area contributed by atoms with Crippen molar-refractivity contribution in [2.24, 2.45) is 11.3 Å². The van der Waals surface area contributed by atoms with Gasteiger partial charge in [-0.1, -0.05) is 50.8 Å². The van der Waals surface area contributed by atoms with Crippen LogP contribution >= 0.6 is 23.1 Å². The highest BCUT2D eigenvalue weighted by Gasteiger charge is 2.32. The highest BCUT2D eigenvalue weighted by Crippen LogP contribution is 2.27. The SMILES string of the molecule is CCSc1nnc(NC(=O)C2CCN(C(=O)C(C)(C)C)CC2)s1. The van der Waals surface area contributed by atoms with Gasteiger partial charge in [0.25, 0.3) is 0 Å².